The average Bonchev–Trinajstić information content (AvgIpc) is 3.25. The van der Waals surface area contributed by atoms with Crippen molar-refractivity contribution in [2.45, 2.75) is 12.3 Å². The van der Waals surface area contributed by atoms with Gasteiger partial charge < -0.3 is 4.90 Å². The van der Waals surface area contributed by atoms with Crippen molar-refractivity contribution in [2.24, 2.45) is 0 Å². The number of hydrogen-bond acceptors (Lipinski definition) is 1. The molecule has 0 heterocycles. The van der Waals surface area contributed by atoms with Crippen molar-refractivity contribution in [3.05, 3.63) is 224 Å². The molecule has 252 valence electrons. The first-order valence-electron chi connectivity index (χ1n) is 18.5. The Morgan fingerprint density at radius 3 is 1.53 bits per heavy atom. The molecule has 0 saturated heterocycles. The monoisotopic (exact) mass is 677 g/mol. The van der Waals surface area contributed by atoms with Crippen LogP contribution in [0.2, 0.25) is 0 Å². The van der Waals surface area contributed by atoms with Gasteiger partial charge in [0.1, 0.15) is 0 Å². The second-order valence-electron chi connectivity index (χ2n) is 13.7. The lowest BCUT2D eigenvalue weighted by Gasteiger charge is -2.27. The number of benzene rings is 8. The molecule has 9 rings (SSSR count). The second kappa shape index (κ2) is 14.5. The van der Waals surface area contributed by atoms with E-state index >= 15 is 0 Å². The molecule has 0 spiro atoms. The zero-order valence-electron chi connectivity index (χ0n) is 29.5. The lowest BCUT2D eigenvalue weighted by Crippen LogP contribution is -2.10. The molecular weight excluding hydrogens is 639 g/mol. The number of anilines is 3. The molecule has 1 unspecified atom stereocenters. The number of nitrogens with zero attached hydrogens (tertiary/aromatic N) is 1. The van der Waals surface area contributed by atoms with Crippen LogP contribution < -0.4 is 4.90 Å². The molecule has 1 atom stereocenters. The van der Waals surface area contributed by atoms with E-state index in [2.05, 4.69) is 223 Å². The van der Waals surface area contributed by atoms with E-state index in [0.717, 1.165) is 23.5 Å². The summed E-state index contributed by atoms with van der Waals surface area (Å²) in [5, 5.41) is 2.45. The number of fused-ring (bicyclic) bond motifs is 1. The van der Waals surface area contributed by atoms with Crippen LogP contribution in [0.1, 0.15) is 17.9 Å². The van der Waals surface area contributed by atoms with E-state index in [1.807, 2.05) is 0 Å². The molecule has 0 bridgehead atoms. The molecule has 53 heavy (non-hydrogen) atoms. The molecule has 0 fully saturated rings. The van der Waals surface area contributed by atoms with Gasteiger partial charge in [-0.15, -0.1) is 0 Å². The Balaban J connectivity index is 1.19. The van der Waals surface area contributed by atoms with E-state index in [4.69, 9.17) is 0 Å². The highest BCUT2D eigenvalue weighted by Gasteiger charge is 2.22. The SMILES string of the molecule is C1=CCC(c2cc(-c3ccccc3)cc(-c3ccccc3)c2-c2ccc(N(c3ccc(-c4ccccc4)cc3)c3ccc4ccccc4c3)cc2)C=C1. The number of hydrogen-bond donors (Lipinski definition) is 0. The second-order valence-corrected chi connectivity index (χ2v) is 13.7. The van der Waals surface area contributed by atoms with E-state index in [9.17, 15) is 0 Å². The van der Waals surface area contributed by atoms with Crippen LogP contribution in [0.5, 0.6) is 0 Å². The van der Waals surface area contributed by atoms with E-state index in [-0.39, 0.29) is 5.92 Å². The highest BCUT2D eigenvalue weighted by molar-refractivity contribution is 5.92. The maximum absolute atomic E-state index is 2.43. The summed E-state index contributed by atoms with van der Waals surface area (Å²) in [6, 6.07) is 70.5. The summed E-state index contributed by atoms with van der Waals surface area (Å²) >= 11 is 0. The molecule has 1 aliphatic rings. The van der Waals surface area contributed by atoms with E-state index < -0.39 is 0 Å². The van der Waals surface area contributed by atoms with Crippen molar-refractivity contribution in [3.8, 4) is 44.5 Å². The molecule has 0 radical (unpaired) electrons. The molecule has 0 aromatic heterocycles. The van der Waals surface area contributed by atoms with Gasteiger partial charge in [-0.05, 0) is 116 Å². The lowest BCUT2D eigenvalue weighted by atomic mass is 9.80. The average molecular weight is 678 g/mol. The summed E-state index contributed by atoms with van der Waals surface area (Å²) < 4.78 is 0. The molecule has 8 aromatic carbocycles. The lowest BCUT2D eigenvalue weighted by molar-refractivity contribution is 0.856. The smallest absolute Gasteiger partial charge is 0.0468 e. The normalized spacial score (nSPS) is 13.6. The van der Waals surface area contributed by atoms with Crippen LogP contribution in [0.15, 0.2) is 218 Å². The van der Waals surface area contributed by atoms with Gasteiger partial charge in [0, 0.05) is 23.0 Å². The zero-order valence-corrected chi connectivity index (χ0v) is 29.5. The fourth-order valence-corrected chi connectivity index (χ4v) is 7.71. The Kier molecular flexibility index (Phi) is 8.82. The minimum absolute atomic E-state index is 0.276. The Bertz CT molecular complexity index is 2550. The summed E-state index contributed by atoms with van der Waals surface area (Å²) in [4.78, 5) is 2.37. The van der Waals surface area contributed by atoms with Crippen LogP contribution in [0.3, 0.4) is 0 Å². The maximum atomic E-state index is 2.43. The summed E-state index contributed by atoms with van der Waals surface area (Å²) in [7, 11) is 0. The van der Waals surface area contributed by atoms with Gasteiger partial charge in [0.15, 0.2) is 0 Å². The van der Waals surface area contributed by atoms with Gasteiger partial charge in [-0.1, -0.05) is 170 Å². The van der Waals surface area contributed by atoms with Gasteiger partial charge in [0.2, 0.25) is 0 Å². The van der Waals surface area contributed by atoms with Crippen molar-refractivity contribution in [2.75, 3.05) is 4.90 Å². The van der Waals surface area contributed by atoms with Crippen molar-refractivity contribution in [1.29, 1.82) is 0 Å². The molecule has 1 aliphatic carbocycles. The topological polar surface area (TPSA) is 3.24 Å². The quantitative estimate of drug-likeness (QED) is 0.155. The number of rotatable bonds is 8. The van der Waals surface area contributed by atoms with E-state index in [0.29, 0.717) is 0 Å². The van der Waals surface area contributed by atoms with Crippen molar-refractivity contribution >= 4 is 27.8 Å². The van der Waals surface area contributed by atoms with Gasteiger partial charge in [-0.25, -0.2) is 0 Å². The third-order valence-electron chi connectivity index (χ3n) is 10.4. The molecule has 0 aliphatic heterocycles. The van der Waals surface area contributed by atoms with Crippen LogP contribution in [0.4, 0.5) is 17.1 Å². The predicted molar refractivity (Wildman–Crippen MR) is 226 cm³/mol. The molecule has 8 aromatic rings. The van der Waals surface area contributed by atoms with Gasteiger partial charge in [0.25, 0.3) is 0 Å². The fraction of sp³-hybridized carbons (Fsp3) is 0.0385. The Labute approximate surface area is 312 Å². The molecule has 0 amide bonds. The van der Waals surface area contributed by atoms with Crippen LogP contribution in [-0.2, 0) is 0 Å². The predicted octanol–water partition coefficient (Wildman–Crippen LogP) is 14.6. The van der Waals surface area contributed by atoms with E-state index in [1.54, 1.807) is 0 Å². The molecule has 1 nitrogen and oxygen atoms in total. The first-order chi connectivity index (χ1) is 26.3. The van der Waals surface area contributed by atoms with Gasteiger partial charge in [-0.2, -0.15) is 0 Å². The van der Waals surface area contributed by atoms with Gasteiger partial charge in [-0.3, -0.25) is 0 Å². The third kappa shape index (κ3) is 6.62. The maximum Gasteiger partial charge on any atom is 0.0468 e. The van der Waals surface area contributed by atoms with Crippen LogP contribution in [0.25, 0.3) is 55.3 Å². The minimum Gasteiger partial charge on any atom is -0.310 e. The number of allylic oxidation sites excluding steroid dienone is 4. The Morgan fingerprint density at radius 1 is 0.377 bits per heavy atom. The summed E-state index contributed by atoms with van der Waals surface area (Å²) in [5.41, 5.74) is 14.6. The molecule has 0 saturated carbocycles. The standard InChI is InChI=1S/C52H39N/c1-5-15-38(16-6-1)41-25-30-47(31-26-41)53(49-34-27-40-19-13-14-24-45(40)35-49)48-32-28-44(29-33-48)52-50(42-20-9-3-10-21-42)36-46(39-17-7-2-8-18-39)37-51(52)43-22-11-4-12-23-43/h1-22,24-37,43H,23H2. The highest BCUT2D eigenvalue weighted by Crippen LogP contribution is 2.45. The minimum atomic E-state index is 0.276. The molecular formula is C52H39N. The molecule has 1 heteroatoms. The van der Waals surface area contributed by atoms with Crippen LogP contribution in [-0.4, -0.2) is 0 Å². The van der Waals surface area contributed by atoms with Crippen molar-refractivity contribution in [3.63, 3.8) is 0 Å². The Hall–Kier alpha value is -6.70. The summed E-state index contributed by atoms with van der Waals surface area (Å²) in [5.74, 6) is 0.276. The summed E-state index contributed by atoms with van der Waals surface area (Å²) in [6.07, 6.45) is 9.99. The largest absolute Gasteiger partial charge is 0.310 e. The Morgan fingerprint density at radius 2 is 0.906 bits per heavy atom. The zero-order chi connectivity index (χ0) is 35.4. The highest BCUT2D eigenvalue weighted by atomic mass is 15.1. The first-order valence-corrected chi connectivity index (χ1v) is 18.5. The summed E-state index contributed by atoms with van der Waals surface area (Å²) in [6.45, 7) is 0. The van der Waals surface area contributed by atoms with Crippen LogP contribution >= 0.6 is 0 Å². The van der Waals surface area contributed by atoms with Crippen molar-refractivity contribution in [1.82, 2.24) is 0 Å². The van der Waals surface area contributed by atoms with E-state index in [1.165, 1.54) is 60.8 Å². The van der Waals surface area contributed by atoms with Crippen molar-refractivity contribution < 1.29 is 0 Å². The third-order valence-corrected chi connectivity index (χ3v) is 10.4. The van der Waals surface area contributed by atoms with Crippen LogP contribution in [0, 0.1) is 0 Å². The van der Waals surface area contributed by atoms with Gasteiger partial charge >= 0.3 is 0 Å². The van der Waals surface area contributed by atoms with Gasteiger partial charge in [0.05, 0.1) is 0 Å². The fourth-order valence-electron chi connectivity index (χ4n) is 7.71. The molecule has 0 N–H and O–H groups in total. The first kappa shape index (κ1) is 32.2.